The summed E-state index contributed by atoms with van der Waals surface area (Å²) < 4.78 is 0. The van der Waals surface area contributed by atoms with Crippen LogP contribution in [0.3, 0.4) is 0 Å². The Morgan fingerprint density at radius 1 is 1.19 bits per heavy atom. The minimum atomic E-state index is -0.470. The number of thiocarbonyl (C=S) groups is 1. The standard InChI is InChI=1S/C17H22N2OS/c18-16(21)15(13-7-2-1-3-8-13)17(20)19-11-10-12-6-4-5-9-14(12)19/h1-3,7-8,12,14-15H,4-6,9-11H2,(H2,18,21). The summed E-state index contributed by atoms with van der Waals surface area (Å²) in [6.45, 7) is 0.861. The van der Waals surface area contributed by atoms with E-state index < -0.39 is 5.92 Å². The van der Waals surface area contributed by atoms with Gasteiger partial charge in [0.2, 0.25) is 5.91 Å². The summed E-state index contributed by atoms with van der Waals surface area (Å²) in [5, 5.41) is 0. The third kappa shape index (κ3) is 2.82. The van der Waals surface area contributed by atoms with Crippen LogP contribution in [0, 0.1) is 5.92 Å². The Balaban J connectivity index is 1.83. The maximum Gasteiger partial charge on any atom is 0.237 e. The monoisotopic (exact) mass is 302 g/mol. The summed E-state index contributed by atoms with van der Waals surface area (Å²) in [4.78, 5) is 15.3. The van der Waals surface area contributed by atoms with Crippen LogP contribution in [-0.4, -0.2) is 28.4 Å². The number of amides is 1. The lowest BCUT2D eigenvalue weighted by molar-refractivity contribution is -0.132. The van der Waals surface area contributed by atoms with E-state index in [9.17, 15) is 4.79 Å². The van der Waals surface area contributed by atoms with Crippen LogP contribution in [0.2, 0.25) is 0 Å². The number of likely N-dealkylation sites (tertiary alicyclic amines) is 1. The fourth-order valence-electron chi connectivity index (χ4n) is 3.92. The lowest BCUT2D eigenvalue weighted by Gasteiger charge is -2.33. The predicted molar refractivity (Wildman–Crippen MR) is 88.0 cm³/mol. The first-order chi connectivity index (χ1) is 10.2. The molecule has 0 bridgehead atoms. The van der Waals surface area contributed by atoms with Gasteiger partial charge in [0.15, 0.2) is 0 Å². The average molecular weight is 302 g/mol. The zero-order valence-corrected chi connectivity index (χ0v) is 13.0. The Morgan fingerprint density at radius 2 is 1.90 bits per heavy atom. The van der Waals surface area contributed by atoms with Crippen molar-refractivity contribution in [2.45, 2.75) is 44.1 Å². The predicted octanol–water partition coefficient (Wildman–Crippen LogP) is 2.85. The molecule has 112 valence electrons. The van der Waals surface area contributed by atoms with Crippen LogP contribution >= 0.6 is 12.2 Å². The molecule has 1 aliphatic heterocycles. The van der Waals surface area contributed by atoms with Gasteiger partial charge in [-0.1, -0.05) is 55.4 Å². The summed E-state index contributed by atoms with van der Waals surface area (Å²) in [5.41, 5.74) is 6.80. The molecule has 0 spiro atoms. The van der Waals surface area contributed by atoms with Crippen molar-refractivity contribution >= 4 is 23.1 Å². The van der Waals surface area contributed by atoms with Gasteiger partial charge in [-0.2, -0.15) is 0 Å². The number of nitrogens with zero attached hydrogens (tertiary/aromatic N) is 1. The highest BCUT2D eigenvalue weighted by Crippen LogP contribution is 2.37. The van der Waals surface area contributed by atoms with Crippen molar-refractivity contribution in [1.82, 2.24) is 4.90 Å². The number of hydrogen-bond acceptors (Lipinski definition) is 2. The molecule has 1 amide bonds. The van der Waals surface area contributed by atoms with E-state index in [2.05, 4.69) is 4.90 Å². The topological polar surface area (TPSA) is 46.3 Å². The molecule has 0 radical (unpaired) electrons. The van der Waals surface area contributed by atoms with Gasteiger partial charge in [0.1, 0.15) is 5.92 Å². The molecule has 2 N–H and O–H groups in total. The van der Waals surface area contributed by atoms with E-state index in [1.807, 2.05) is 30.3 Å². The number of benzene rings is 1. The third-order valence-corrected chi connectivity index (χ3v) is 5.19. The van der Waals surface area contributed by atoms with E-state index in [0.29, 0.717) is 12.0 Å². The van der Waals surface area contributed by atoms with Crippen LogP contribution in [0.5, 0.6) is 0 Å². The number of carbonyl (C=O) groups excluding carboxylic acids is 1. The van der Waals surface area contributed by atoms with Crippen LogP contribution in [0.15, 0.2) is 30.3 Å². The van der Waals surface area contributed by atoms with Crippen molar-refractivity contribution in [2.24, 2.45) is 11.7 Å². The van der Waals surface area contributed by atoms with E-state index in [0.717, 1.165) is 24.9 Å². The van der Waals surface area contributed by atoms with E-state index in [1.54, 1.807) is 0 Å². The van der Waals surface area contributed by atoms with Gasteiger partial charge in [-0.3, -0.25) is 4.79 Å². The second-order valence-corrected chi connectivity index (χ2v) is 6.65. The van der Waals surface area contributed by atoms with Gasteiger partial charge >= 0.3 is 0 Å². The summed E-state index contributed by atoms with van der Waals surface area (Å²) in [6.07, 6.45) is 6.07. The largest absolute Gasteiger partial charge is 0.392 e. The molecule has 3 nitrogen and oxygen atoms in total. The highest BCUT2D eigenvalue weighted by Gasteiger charge is 2.41. The fraction of sp³-hybridized carbons (Fsp3) is 0.529. The molecule has 3 unspecified atom stereocenters. The maximum absolute atomic E-state index is 13.0. The highest BCUT2D eigenvalue weighted by molar-refractivity contribution is 7.80. The molecule has 2 fully saturated rings. The van der Waals surface area contributed by atoms with Crippen molar-refractivity contribution in [3.8, 4) is 0 Å². The Morgan fingerprint density at radius 3 is 2.62 bits per heavy atom. The van der Waals surface area contributed by atoms with Gasteiger partial charge in [0, 0.05) is 12.6 Å². The SMILES string of the molecule is NC(=S)C(C(=O)N1CCC2CCCCC21)c1ccccc1. The van der Waals surface area contributed by atoms with Gasteiger partial charge < -0.3 is 10.6 Å². The van der Waals surface area contributed by atoms with Crippen molar-refractivity contribution in [3.63, 3.8) is 0 Å². The molecule has 1 aromatic carbocycles. The second kappa shape index (κ2) is 6.14. The van der Waals surface area contributed by atoms with Crippen LogP contribution in [0.1, 0.15) is 43.6 Å². The van der Waals surface area contributed by atoms with Gasteiger partial charge in [-0.25, -0.2) is 0 Å². The van der Waals surface area contributed by atoms with E-state index in [4.69, 9.17) is 18.0 Å². The number of rotatable bonds is 3. The lowest BCUT2D eigenvalue weighted by Crippen LogP contribution is -2.44. The van der Waals surface area contributed by atoms with Crippen LogP contribution in [0.25, 0.3) is 0 Å². The van der Waals surface area contributed by atoms with Crippen LogP contribution in [0.4, 0.5) is 0 Å². The fourth-order valence-corrected chi connectivity index (χ4v) is 4.16. The first-order valence-electron chi connectivity index (χ1n) is 7.83. The molecular weight excluding hydrogens is 280 g/mol. The van der Waals surface area contributed by atoms with E-state index in [-0.39, 0.29) is 10.9 Å². The minimum absolute atomic E-state index is 0.100. The first kappa shape index (κ1) is 14.5. The van der Waals surface area contributed by atoms with Gasteiger partial charge in [0.25, 0.3) is 0 Å². The summed E-state index contributed by atoms with van der Waals surface area (Å²) in [7, 11) is 0. The Hall–Kier alpha value is -1.42. The average Bonchev–Trinajstić information content (AvgIpc) is 2.92. The third-order valence-electron chi connectivity index (χ3n) is 4.96. The van der Waals surface area contributed by atoms with Crippen LogP contribution < -0.4 is 5.73 Å². The zero-order valence-electron chi connectivity index (χ0n) is 12.2. The second-order valence-electron chi connectivity index (χ2n) is 6.18. The Labute approximate surface area is 131 Å². The molecule has 0 aromatic heterocycles. The van der Waals surface area contributed by atoms with Gasteiger partial charge in [-0.15, -0.1) is 0 Å². The molecule has 21 heavy (non-hydrogen) atoms. The molecule has 1 aromatic rings. The molecule has 1 saturated heterocycles. The van der Waals surface area contributed by atoms with E-state index >= 15 is 0 Å². The number of fused-ring (bicyclic) bond motifs is 1. The molecule has 1 aliphatic carbocycles. The zero-order chi connectivity index (χ0) is 14.8. The molecule has 1 saturated carbocycles. The Bertz CT molecular complexity index is 531. The van der Waals surface area contributed by atoms with Crippen molar-refractivity contribution < 1.29 is 4.79 Å². The van der Waals surface area contributed by atoms with Gasteiger partial charge in [0.05, 0.1) is 4.99 Å². The van der Waals surface area contributed by atoms with Crippen molar-refractivity contribution in [1.29, 1.82) is 0 Å². The molecule has 4 heteroatoms. The molecule has 3 rings (SSSR count). The Kier molecular flexibility index (Phi) is 4.24. The smallest absolute Gasteiger partial charge is 0.237 e. The van der Waals surface area contributed by atoms with Crippen molar-refractivity contribution in [2.75, 3.05) is 6.54 Å². The lowest BCUT2D eigenvalue weighted by atomic mass is 9.85. The van der Waals surface area contributed by atoms with Crippen molar-refractivity contribution in [3.05, 3.63) is 35.9 Å². The summed E-state index contributed by atoms with van der Waals surface area (Å²) in [6, 6.07) is 10.1. The van der Waals surface area contributed by atoms with Crippen LogP contribution in [-0.2, 0) is 4.79 Å². The quantitative estimate of drug-likeness (QED) is 0.873. The van der Waals surface area contributed by atoms with E-state index in [1.165, 1.54) is 19.3 Å². The number of nitrogens with two attached hydrogens (primary N) is 1. The highest BCUT2D eigenvalue weighted by atomic mass is 32.1. The summed E-state index contributed by atoms with van der Waals surface area (Å²) in [5.74, 6) is 0.315. The minimum Gasteiger partial charge on any atom is -0.392 e. The molecule has 1 heterocycles. The molecular formula is C17H22N2OS. The van der Waals surface area contributed by atoms with Gasteiger partial charge in [-0.05, 0) is 30.7 Å². The summed E-state index contributed by atoms with van der Waals surface area (Å²) >= 11 is 5.19. The number of hydrogen-bond donors (Lipinski definition) is 1. The molecule has 2 aliphatic rings. The normalized spacial score (nSPS) is 26.2. The maximum atomic E-state index is 13.0. The number of carbonyl (C=O) groups is 1. The molecule has 3 atom stereocenters. The first-order valence-corrected chi connectivity index (χ1v) is 8.24.